The lowest BCUT2D eigenvalue weighted by Crippen LogP contribution is -2.16. The molecule has 3 aromatic heterocycles. The van der Waals surface area contributed by atoms with E-state index in [2.05, 4.69) is 25.3 Å². The van der Waals surface area contributed by atoms with Gasteiger partial charge in [-0.2, -0.15) is 4.98 Å². The number of rotatable bonds is 6. The van der Waals surface area contributed by atoms with Crippen molar-refractivity contribution in [3.63, 3.8) is 0 Å². The zero-order valence-electron chi connectivity index (χ0n) is 16.2. The van der Waals surface area contributed by atoms with Crippen LogP contribution in [0.25, 0.3) is 21.6 Å². The molecule has 1 amide bonds. The number of carbonyl (C=O) groups is 1. The van der Waals surface area contributed by atoms with E-state index in [0.29, 0.717) is 18.1 Å². The summed E-state index contributed by atoms with van der Waals surface area (Å²) in [6.45, 7) is 2.14. The molecule has 0 atom stereocenters. The summed E-state index contributed by atoms with van der Waals surface area (Å²) in [5.41, 5.74) is 2.57. The molecule has 30 heavy (non-hydrogen) atoms. The summed E-state index contributed by atoms with van der Waals surface area (Å²) >= 11 is 1.67. The van der Waals surface area contributed by atoms with Crippen LogP contribution >= 0.6 is 11.3 Å². The molecule has 4 heterocycles. The van der Waals surface area contributed by atoms with Gasteiger partial charge in [0.2, 0.25) is 17.6 Å². The fraction of sp³-hybridized carbons (Fsp3) is 0.286. The van der Waals surface area contributed by atoms with Crippen LogP contribution in [-0.2, 0) is 11.2 Å². The lowest BCUT2D eigenvalue weighted by atomic mass is 10.2. The maximum Gasteiger partial charge on any atom is 0.227 e. The molecule has 0 saturated carbocycles. The number of nitrogens with one attached hydrogen (secondary N) is 1. The minimum absolute atomic E-state index is 0.0951. The first-order chi connectivity index (χ1) is 14.7. The Morgan fingerprint density at radius 2 is 1.97 bits per heavy atom. The molecule has 4 aromatic rings. The fourth-order valence-electron chi connectivity index (χ4n) is 3.45. The number of carbonyl (C=O) groups excluding carboxylic acids is 1. The Morgan fingerprint density at radius 1 is 1.13 bits per heavy atom. The summed E-state index contributed by atoms with van der Waals surface area (Å²) < 4.78 is 6.33. The highest BCUT2D eigenvalue weighted by Gasteiger charge is 2.17. The third-order valence-corrected chi connectivity index (χ3v) is 6.09. The lowest BCUT2D eigenvalue weighted by Gasteiger charge is -2.11. The Hall–Kier alpha value is -3.33. The number of benzene rings is 1. The van der Waals surface area contributed by atoms with Crippen molar-refractivity contribution in [3.05, 3.63) is 48.6 Å². The van der Waals surface area contributed by atoms with Gasteiger partial charge in [0.05, 0.1) is 10.2 Å². The number of aryl methyl sites for hydroxylation is 1. The van der Waals surface area contributed by atoms with Crippen molar-refractivity contribution in [2.24, 2.45) is 0 Å². The van der Waals surface area contributed by atoms with Crippen LogP contribution in [-0.4, -0.2) is 39.1 Å². The monoisotopic (exact) mass is 420 g/mol. The third kappa shape index (κ3) is 4.02. The minimum Gasteiger partial charge on any atom is -0.348 e. The molecule has 0 unspecified atom stereocenters. The summed E-state index contributed by atoms with van der Waals surface area (Å²) in [4.78, 5) is 27.7. The molecule has 1 aliphatic heterocycles. The second kappa shape index (κ2) is 8.19. The van der Waals surface area contributed by atoms with E-state index in [1.807, 2.05) is 30.3 Å². The molecular weight excluding hydrogens is 400 g/mol. The van der Waals surface area contributed by atoms with Crippen LogP contribution in [0.15, 0.2) is 47.2 Å². The Labute approximate surface area is 177 Å². The number of aromatic nitrogens is 4. The predicted molar refractivity (Wildman–Crippen MR) is 116 cm³/mol. The Morgan fingerprint density at radius 3 is 2.80 bits per heavy atom. The summed E-state index contributed by atoms with van der Waals surface area (Å²) in [5, 5.41) is 7.97. The topological polar surface area (TPSA) is 97.0 Å². The summed E-state index contributed by atoms with van der Waals surface area (Å²) in [6.07, 6.45) is 6.44. The first kappa shape index (κ1) is 18.7. The molecule has 1 aliphatic rings. The molecule has 1 fully saturated rings. The van der Waals surface area contributed by atoms with E-state index in [4.69, 9.17) is 9.51 Å². The van der Waals surface area contributed by atoms with Gasteiger partial charge in [0.25, 0.3) is 0 Å². The van der Waals surface area contributed by atoms with Crippen molar-refractivity contribution >= 4 is 38.3 Å². The van der Waals surface area contributed by atoms with Gasteiger partial charge in [-0.05, 0) is 43.2 Å². The highest BCUT2D eigenvalue weighted by atomic mass is 32.1. The maximum absolute atomic E-state index is 12.4. The number of nitrogens with zero attached hydrogens (tertiary/aromatic N) is 5. The molecular formula is C21H20N6O2S. The highest BCUT2D eigenvalue weighted by Crippen LogP contribution is 2.32. The second-order valence-corrected chi connectivity index (χ2v) is 8.18. The van der Waals surface area contributed by atoms with Crippen molar-refractivity contribution in [2.45, 2.75) is 25.7 Å². The number of fused-ring (bicyclic) bond motifs is 1. The molecule has 0 bridgehead atoms. The van der Waals surface area contributed by atoms with Gasteiger partial charge >= 0.3 is 0 Å². The number of hydrogen-bond donors (Lipinski definition) is 1. The SMILES string of the molecule is O=C(CCc1nc(-c2ccncc2)no1)Nc1ccc2nc(N3CCCC3)sc2c1. The Bertz CT molecular complexity index is 1170. The van der Waals surface area contributed by atoms with Crippen LogP contribution in [0.1, 0.15) is 25.2 Å². The van der Waals surface area contributed by atoms with Crippen molar-refractivity contribution in [1.82, 2.24) is 20.1 Å². The fourth-order valence-corrected chi connectivity index (χ4v) is 4.51. The Kier molecular flexibility index (Phi) is 5.10. The van der Waals surface area contributed by atoms with E-state index < -0.39 is 0 Å². The van der Waals surface area contributed by atoms with Crippen molar-refractivity contribution < 1.29 is 9.32 Å². The summed E-state index contributed by atoms with van der Waals surface area (Å²) in [7, 11) is 0. The molecule has 8 nitrogen and oxygen atoms in total. The molecule has 9 heteroatoms. The van der Waals surface area contributed by atoms with Gasteiger partial charge in [-0.1, -0.05) is 16.5 Å². The zero-order valence-corrected chi connectivity index (χ0v) is 17.1. The quantitative estimate of drug-likeness (QED) is 0.505. The molecule has 1 aromatic carbocycles. The van der Waals surface area contributed by atoms with E-state index in [9.17, 15) is 4.79 Å². The molecule has 1 N–H and O–H groups in total. The predicted octanol–water partition coefficient (Wildman–Crippen LogP) is 3.91. The van der Waals surface area contributed by atoms with E-state index in [1.54, 1.807) is 23.7 Å². The average molecular weight is 420 g/mol. The molecule has 5 rings (SSSR count). The number of hydrogen-bond acceptors (Lipinski definition) is 8. The standard InChI is InChI=1S/C21H20N6O2S/c28-18(5-6-19-25-20(26-29-19)14-7-9-22-10-8-14)23-15-3-4-16-17(13-15)30-21(24-16)27-11-1-2-12-27/h3-4,7-10,13H,1-2,5-6,11-12H2,(H,23,28). The maximum atomic E-state index is 12.4. The largest absolute Gasteiger partial charge is 0.348 e. The van der Waals surface area contributed by atoms with Gasteiger partial charge in [-0.3, -0.25) is 9.78 Å². The summed E-state index contributed by atoms with van der Waals surface area (Å²) in [5.74, 6) is 0.838. The van der Waals surface area contributed by atoms with E-state index in [1.165, 1.54) is 12.8 Å². The molecule has 0 radical (unpaired) electrons. The van der Waals surface area contributed by atoms with Gasteiger partial charge in [-0.15, -0.1) is 0 Å². The number of amides is 1. The van der Waals surface area contributed by atoms with E-state index in [0.717, 1.165) is 39.7 Å². The van der Waals surface area contributed by atoms with Crippen molar-refractivity contribution in [1.29, 1.82) is 0 Å². The number of anilines is 2. The highest BCUT2D eigenvalue weighted by molar-refractivity contribution is 7.22. The van der Waals surface area contributed by atoms with E-state index in [-0.39, 0.29) is 12.3 Å². The second-order valence-electron chi connectivity index (χ2n) is 7.17. The first-order valence-electron chi connectivity index (χ1n) is 9.93. The average Bonchev–Trinajstić information content (AvgIpc) is 3.53. The van der Waals surface area contributed by atoms with Gasteiger partial charge in [0, 0.05) is 49.6 Å². The van der Waals surface area contributed by atoms with Crippen LogP contribution in [0.5, 0.6) is 0 Å². The molecule has 152 valence electrons. The van der Waals surface area contributed by atoms with Crippen LogP contribution in [0, 0.1) is 0 Å². The number of thiazole rings is 1. The van der Waals surface area contributed by atoms with Crippen LogP contribution in [0.3, 0.4) is 0 Å². The number of pyridine rings is 1. The van der Waals surface area contributed by atoms with Gasteiger partial charge < -0.3 is 14.7 Å². The smallest absolute Gasteiger partial charge is 0.227 e. The van der Waals surface area contributed by atoms with Crippen molar-refractivity contribution in [2.75, 3.05) is 23.3 Å². The minimum atomic E-state index is -0.0951. The zero-order chi connectivity index (χ0) is 20.3. The van der Waals surface area contributed by atoms with E-state index >= 15 is 0 Å². The van der Waals surface area contributed by atoms with Gasteiger partial charge in [0.1, 0.15) is 0 Å². The van der Waals surface area contributed by atoms with Crippen LogP contribution in [0.4, 0.5) is 10.8 Å². The van der Waals surface area contributed by atoms with Gasteiger partial charge in [0.15, 0.2) is 5.13 Å². The first-order valence-corrected chi connectivity index (χ1v) is 10.7. The summed E-state index contributed by atoms with van der Waals surface area (Å²) in [6, 6.07) is 9.46. The third-order valence-electron chi connectivity index (χ3n) is 5.01. The normalized spacial score (nSPS) is 13.8. The molecule has 0 aliphatic carbocycles. The van der Waals surface area contributed by atoms with Gasteiger partial charge in [-0.25, -0.2) is 4.98 Å². The van der Waals surface area contributed by atoms with Crippen LogP contribution in [0.2, 0.25) is 0 Å². The van der Waals surface area contributed by atoms with Crippen LogP contribution < -0.4 is 10.2 Å². The van der Waals surface area contributed by atoms with Crippen molar-refractivity contribution in [3.8, 4) is 11.4 Å². The lowest BCUT2D eigenvalue weighted by molar-refractivity contribution is -0.116. The molecule has 1 saturated heterocycles. The Balaban J connectivity index is 1.20. The molecule has 0 spiro atoms.